The lowest BCUT2D eigenvalue weighted by Crippen LogP contribution is -2.63. The quantitative estimate of drug-likeness (QED) is 0.820. The highest BCUT2D eigenvalue weighted by Crippen LogP contribution is 2.30. The third-order valence-electron chi connectivity index (χ3n) is 5.50. The lowest BCUT2D eigenvalue weighted by atomic mass is 9.91. The van der Waals surface area contributed by atoms with Crippen LogP contribution in [0.25, 0.3) is 0 Å². The van der Waals surface area contributed by atoms with Gasteiger partial charge in [-0.1, -0.05) is 12.1 Å². The van der Waals surface area contributed by atoms with E-state index < -0.39 is 12.8 Å². The number of amides is 3. The molecule has 10 heteroatoms. The number of nitrogens with one attached hydrogen (secondary N) is 1. The molecule has 0 saturated carbocycles. The molecule has 29 heavy (non-hydrogen) atoms. The number of carbonyl (C=O) groups is 2. The molecule has 3 amide bonds. The molecule has 1 N–H and O–H groups in total. The zero-order valence-electron chi connectivity index (χ0n) is 15.7. The van der Waals surface area contributed by atoms with E-state index in [0.717, 1.165) is 5.56 Å². The number of nitrogens with zero attached hydrogens (tertiary/aromatic N) is 2. The van der Waals surface area contributed by atoms with Crippen LogP contribution in [0, 0.1) is 0 Å². The summed E-state index contributed by atoms with van der Waals surface area (Å²) < 4.78 is 46.8. The lowest BCUT2D eigenvalue weighted by molar-refractivity contribution is -0.153. The fourth-order valence-corrected chi connectivity index (χ4v) is 3.92. The van der Waals surface area contributed by atoms with E-state index in [2.05, 4.69) is 5.32 Å². The number of morpholine rings is 1. The minimum Gasteiger partial charge on any atom is -0.484 e. The van der Waals surface area contributed by atoms with E-state index in [1.165, 1.54) is 12.1 Å². The average Bonchev–Trinajstić information content (AvgIpc) is 2.65. The van der Waals surface area contributed by atoms with Gasteiger partial charge in [-0.15, -0.1) is 0 Å². The standard InChI is InChI=1S/C19H22F3N3O4/c20-19(21,22)11-29-14-3-1-12(2-4-14)13-7-25(8-13)18(27)24-6-5-16-15(9-24)23-17(26)10-28-16/h1-4,13,15-16H,5-11H2,(H,23,26)/t15-,16+/m1/s1. The van der Waals surface area contributed by atoms with E-state index in [9.17, 15) is 22.8 Å². The molecule has 1 aromatic carbocycles. The van der Waals surface area contributed by atoms with Crippen LogP contribution in [0.5, 0.6) is 5.75 Å². The molecule has 3 fully saturated rings. The Hall–Kier alpha value is -2.49. The number of likely N-dealkylation sites (tertiary alicyclic amines) is 2. The maximum absolute atomic E-state index is 12.7. The van der Waals surface area contributed by atoms with Crippen molar-refractivity contribution in [1.82, 2.24) is 15.1 Å². The number of alkyl halides is 3. The Morgan fingerprint density at radius 3 is 2.59 bits per heavy atom. The number of carbonyl (C=O) groups excluding carboxylic acids is 2. The molecule has 0 radical (unpaired) electrons. The molecule has 0 aromatic heterocycles. The molecule has 3 saturated heterocycles. The molecule has 1 aromatic rings. The van der Waals surface area contributed by atoms with Gasteiger partial charge in [-0.05, 0) is 24.1 Å². The topological polar surface area (TPSA) is 71.1 Å². The van der Waals surface area contributed by atoms with Crippen LogP contribution in [-0.2, 0) is 9.53 Å². The van der Waals surface area contributed by atoms with Gasteiger partial charge in [0.2, 0.25) is 5.91 Å². The van der Waals surface area contributed by atoms with Gasteiger partial charge in [-0.3, -0.25) is 4.79 Å². The van der Waals surface area contributed by atoms with Crippen molar-refractivity contribution in [3.8, 4) is 5.75 Å². The van der Waals surface area contributed by atoms with Gasteiger partial charge in [-0.25, -0.2) is 4.79 Å². The van der Waals surface area contributed by atoms with E-state index in [-0.39, 0.29) is 42.4 Å². The van der Waals surface area contributed by atoms with Gasteiger partial charge in [0.25, 0.3) is 0 Å². The molecule has 158 valence electrons. The van der Waals surface area contributed by atoms with Gasteiger partial charge in [-0.2, -0.15) is 13.2 Å². The number of hydrogen-bond donors (Lipinski definition) is 1. The maximum atomic E-state index is 12.7. The second-order valence-corrected chi connectivity index (χ2v) is 7.62. The highest BCUT2D eigenvalue weighted by Gasteiger charge is 2.40. The molecular weight excluding hydrogens is 391 g/mol. The number of benzene rings is 1. The van der Waals surface area contributed by atoms with Crippen LogP contribution in [0.4, 0.5) is 18.0 Å². The summed E-state index contributed by atoms with van der Waals surface area (Å²) in [5.41, 5.74) is 0.958. The molecule has 0 spiro atoms. The molecule has 7 nitrogen and oxygen atoms in total. The van der Waals surface area contributed by atoms with Gasteiger partial charge in [0, 0.05) is 32.1 Å². The minimum absolute atomic E-state index is 0.0426. The Balaban J connectivity index is 1.26. The Morgan fingerprint density at radius 1 is 1.17 bits per heavy atom. The summed E-state index contributed by atoms with van der Waals surface area (Å²) in [7, 11) is 0. The summed E-state index contributed by atoms with van der Waals surface area (Å²) in [6.45, 7) is 0.873. The van der Waals surface area contributed by atoms with Crippen LogP contribution >= 0.6 is 0 Å². The first-order valence-corrected chi connectivity index (χ1v) is 9.53. The van der Waals surface area contributed by atoms with Crippen LogP contribution in [0.2, 0.25) is 0 Å². The molecule has 3 heterocycles. The van der Waals surface area contributed by atoms with Crippen LogP contribution < -0.4 is 10.1 Å². The fraction of sp³-hybridized carbons (Fsp3) is 0.579. The van der Waals surface area contributed by atoms with Crippen LogP contribution in [0.1, 0.15) is 17.9 Å². The normalized spacial score (nSPS) is 25.1. The summed E-state index contributed by atoms with van der Waals surface area (Å²) in [4.78, 5) is 27.7. The summed E-state index contributed by atoms with van der Waals surface area (Å²) in [6.07, 6.45) is -3.72. The lowest BCUT2D eigenvalue weighted by Gasteiger charge is -2.46. The highest BCUT2D eigenvalue weighted by molar-refractivity contribution is 5.79. The van der Waals surface area contributed by atoms with Crippen molar-refractivity contribution in [2.75, 3.05) is 39.4 Å². The van der Waals surface area contributed by atoms with Gasteiger partial charge in [0.1, 0.15) is 12.4 Å². The van der Waals surface area contributed by atoms with Crippen molar-refractivity contribution in [3.63, 3.8) is 0 Å². The first kappa shape index (κ1) is 19.8. The molecule has 0 unspecified atom stereocenters. The van der Waals surface area contributed by atoms with Crippen molar-refractivity contribution in [2.45, 2.75) is 30.7 Å². The monoisotopic (exact) mass is 413 g/mol. The second-order valence-electron chi connectivity index (χ2n) is 7.62. The average molecular weight is 413 g/mol. The van der Waals surface area contributed by atoms with Crippen molar-refractivity contribution in [3.05, 3.63) is 29.8 Å². The molecule has 3 aliphatic heterocycles. The Morgan fingerprint density at radius 2 is 1.90 bits per heavy atom. The van der Waals surface area contributed by atoms with Crippen molar-refractivity contribution in [1.29, 1.82) is 0 Å². The number of halogens is 3. The minimum atomic E-state index is -4.37. The zero-order valence-corrected chi connectivity index (χ0v) is 15.7. The molecular formula is C19H22F3N3O4. The largest absolute Gasteiger partial charge is 0.484 e. The maximum Gasteiger partial charge on any atom is 0.422 e. The van der Waals surface area contributed by atoms with E-state index in [4.69, 9.17) is 9.47 Å². The summed E-state index contributed by atoms with van der Waals surface area (Å²) in [6, 6.07) is 6.27. The third-order valence-corrected chi connectivity index (χ3v) is 5.50. The molecule has 0 aliphatic carbocycles. The number of fused-ring (bicyclic) bond motifs is 1. The van der Waals surface area contributed by atoms with E-state index in [1.807, 2.05) is 0 Å². The highest BCUT2D eigenvalue weighted by atomic mass is 19.4. The number of hydrogen-bond acceptors (Lipinski definition) is 4. The second kappa shape index (κ2) is 7.74. The zero-order chi connectivity index (χ0) is 20.6. The molecule has 4 rings (SSSR count). The Bertz CT molecular complexity index is 765. The summed E-state index contributed by atoms with van der Waals surface area (Å²) in [5, 5.41) is 2.88. The van der Waals surface area contributed by atoms with E-state index >= 15 is 0 Å². The first-order chi connectivity index (χ1) is 13.8. The number of ether oxygens (including phenoxy) is 2. The van der Waals surface area contributed by atoms with Crippen LogP contribution in [0.15, 0.2) is 24.3 Å². The van der Waals surface area contributed by atoms with Crippen molar-refractivity contribution < 1.29 is 32.2 Å². The van der Waals surface area contributed by atoms with Crippen LogP contribution in [-0.4, -0.2) is 79.5 Å². The smallest absolute Gasteiger partial charge is 0.422 e. The summed E-state index contributed by atoms with van der Waals surface area (Å²) >= 11 is 0. The fourth-order valence-electron chi connectivity index (χ4n) is 3.92. The Labute approximate surface area is 165 Å². The van der Waals surface area contributed by atoms with E-state index in [0.29, 0.717) is 32.6 Å². The first-order valence-electron chi connectivity index (χ1n) is 9.53. The summed E-state index contributed by atoms with van der Waals surface area (Å²) in [5.74, 6) is 0.149. The van der Waals surface area contributed by atoms with E-state index in [1.54, 1.807) is 21.9 Å². The van der Waals surface area contributed by atoms with Crippen LogP contribution in [0.3, 0.4) is 0 Å². The van der Waals surface area contributed by atoms with Gasteiger partial charge in [0.05, 0.1) is 12.1 Å². The Kier molecular flexibility index (Phi) is 5.28. The van der Waals surface area contributed by atoms with Gasteiger partial charge < -0.3 is 24.6 Å². The number of urea groups is 1. The molecule has 2 atom stereocenters. The molecule has 0 bridgehead atoms. The third kappa shape index (κ3) is 4.58. The number of piperidine rings is 1. The van der Waals surface area contributed by atoms with Gasteiger partial charge in [0.15, 0.2) is 6.61 Å². The SMILES string of the molecule is O=C1CO[C@H]2CCN(C(=O)N3CC(c4ccc(OCC(F)(F)F)cc4)C3)C[C@H]2N1. The van der Waals surface area contributed by atoms with Crippen molar-refractivity contribution in [2.24, 2.45) is 0 Å². The predicted molar refractivity (Wildman–Crippen MR) is 95.6 cm³/mol. The molecule has 3 aliphatic rings. The van der Waals surface area contributed by atoms with Crippen molar-refractivity contribution >= 4 is 11.9 Å². The number of rotatable bonds is 3. The van der Waals surface area contributed by atoms with Gasteiger partial charge >= 0.3 is 12.2 Å². The predicted octanol–water partition coefficient (Wildman–Crippen LogP) is 1.74.